The van der Waals surface area contributed by atoms with E-state index < -0.39 is 11.6 Å². The molecule has 0 spiro atoms. The Kier molecular flexibility index (Phi) is 43.5. The van der Waals surface area contributed by atoms with E-state index in [-0.39, 0.29) is 5.97 Å². The Balaban J connectivity index is 0.000000178. The topological polar surface area (TPSA) is 26.3 Å². The highest BCUT2D eigenvalue weighted by atomic mass is 19.2. The van der Waals surface area contributed by atoms with Crippen molar-refractivity contribution in [3.05, 3.63) is 292 Å². The van der Waals surface area contributed by atoms with Gasteiger partial charge in [0.2, 0.25) is 0 Å². The molecule has 0 heterocycles. The summed E-state index contributed by atoms with van der Waals surface area (Å²) in [5.74, 6) is 1.47. The molecule has 10 aromatic rings. The number of esters is 1. The second-order valence-corrected chi connectivity index (χ2v) is 37.5. The standard InChI is InChI=1S/C32H44.C30H36F2.C20H30.C19H22O2.C18H26/c1-3-4-5-6-7-8-9-10-11-12-13-14-15-16-28-18-21-29(22-19-28)31-24-23-30-25-27(2)17-20-32(30)26-31;1-4-6-7-11-27-20-21-28(30(32)29(27)31)26-18-16-25(17-19-26)24-14-12-23(13-15-24)10-8-9-22(3)5-2;1-3-4-5-10-19-11-14-20(15-12-19,16-13-19)18-8-6-17(2)7-9-18;1-3-4-5-6-19(20)21-18-13-11-17(12-14-18)16-9-7-15(2)8-10-16;1-3-4-5-6-16-9-13-18(14-10-16)17-11-7-15(2)8-12-17/h17-26H,3-16H2,1-2H3;12-22H,4-11H2,1-3H3;6-9H,3-5,10-16H2,1-2H3;7-14H,3-6H2,1-2H3;5-8,11-12,16,18H,3-4,9-10,13-14H2,1-2H3/b;;;;6-5+. The highest BCUT2D eigenvalue weighted by Crippen LogP contribution is 2.59. The van der Waals surface area contributed by atoms with Gasteiger partial charge in [-0.3, -0.25) is 4.79 Å². The van der Waals surface area contributed by atoms with Gasteiger partial charge in [0.05, 0.1) is 0 Å². The molecule has 4 saturated carbocycles. The molecule has 14 rings (SSSR count). The van der Waals surface area contributed by atoms with Crippen molar-refractivity contribution in [2.75, 3.05) is 0 Å². The highest BCUT2D eigenvalue weighted by molar-refractivity contribution is 5.88. The molecular formula is C119H158F2O2. The molecular weight excluding hydrogens is 1500 g/mol. The molecule has 2 nitrogen and oxygen atoms in total. The molecule has 660 valence electrons. The van der Waals surface area contributed by atoms with Crippen molar-refractivity contribution in [3.63, 3.8) is 0 Å². The Morgan fingerprint density at radius 1 is 0.398 bits per heavy atom. The first-order chi connectivity index (χ1) is 59.9. The van der Waals surface area contributed by atoms with Crippen molar-refractivity contribution in [2.45, 2.75) is 357 Å². The summed E-state index contributed by atoms with van der Waals surface area (Å²) < 4.78 is 34.6. The van der Waals surface area contributed by atoms with Crippen molar-refractivity contribution in [2.24, 2.45) is 17.3 Å². The number of carbonyl (C=O) groups is 1. The van der Waals surface area contributed by atoms with Crippen LogP contribution >= 0.6 is 0 Å². The van der Waals surface area contributed by atoms with Crippen LogP contribution in [0.3, 0.4) is 0 Å². The van der Waals surface area contributed by atoms with Crippen LogP contribution in [0.4, 0.5) is 8.78 Å². The number of fused-ring (bicyclic) bond motifs is 4. The number of ether oxygens (including phenoxy) is 1. The lowest BCUT2D eigenvalue weighted by molar-refractivity contribution is -0.134. The highest BCUT2D eigenvalue weighted by Gasteiger charge is 2.48. The molecule has 4 aliphatic rings. The molecule has 0 N–H and O–H groups in total. The number of carbonyl (C=O) groups excluding carboxylic acids is 1. The number of halogens is 2. The first kappa shape index (κ1) is 98.3. The normalized spacial score (nSPS) is 16.8. The van der Waals surface area contributed by atoms with Gasteiger partial charge in [0.15, 0.2) is 11.6 Å². The van der Waals surface area contributed by atoms with E-state index in [1.807, 2.05) is 48.5 Å². The minimum absolute atomic E-state index is 0.147. The maximum absolute atomic E-state index is 14.7. The van der Waals surface area contributed by atoms with Crippen molar-refractivity contribution >= 4 is 16.7 Å². The van der Waals surface area contributed by atoms with E-state index >= 15 is 0 Å². The Morgan fingerprint density at radius 2 is 0.829 bits per heavy atom. The van der Waals surface area contributed by atoms with Crippen molar-refractivity contribution in [3.8, 4) is 50.3 Å². The van der Waals surface area contributed by atoms with E-state index in [0.29, 0.717) is 40.7 Å². The summed E-state index contributed by atoms with van der Waals surface area (Å²) in [6.45, 7) is 24.2. The fourth-order valence-electron chi connectivity index (χ4n) is 18.7. The molecule has 123 heavy (non-hydrogen) atoms. The van der Waals surface area contributed by atoms with Crippen LogP contribution in [0, 0.1) is 56.6 Å². The first-order valence-electron chi connectivity index (χ1n) is 49.4. The Morgan fingerprint density at radius 3 is 1.38 bits per heavy atom. The number of hydrogen-bond donors (Lipinski definition) is 0. The fraction of sp³-hybridized carbons (Fsp3) is 0.487. The molecule has 4 heteroatoms. The molecule has 2 bridgehead atoms. The summed E-state index contributed by atoms with van der Waals surface area (Å²) >= 11 is 0. The lowest BCUT2D eigenvalue weighted by atomic mass is 9.51. The summed E-state index contributed by atoms with van der Waals surface area (Å²) in [5, 5.41) is 2.65. The number of unbranched alkanes of at least 4 members (excludes halogenated alkanes) is 19. The average molecular weight is 1660 g/mol. The van der Waals surface area contributed by atoms with E-state index in [2.05, 4.69) is 246 Å². The van der Waals surface area contributed by atoms with E-state index in [9.17, 15) is 13.6 Å². The van der Waals surface area contributed by atoms with Crippen molar-refractivity contribution in [1.29, 1.82) is 0 Å². The summed E-state index contributed by atoms with van der Waals surface area (Å²) in [6.07, 6.45) is 59.1. The minimum atomic E-state index is -0.742. The van der Waals surface area contributed by atoms with Gasteiger partial charge < -0.3 is 4.74 Å². The summed E-state index contributed by atoms with van der Waals surface area (Å²) in [4.78, 5) is 11.7. The van der Waals surface area contributed by atoms with Crippen LogP contribution in [0.1, 0.15) is 355 Å². The second kappa shape index (κ2) is 54.4. The monoisotopic (exact) mass is 1660 g/mol. The van der Waals surface area contributed by atoms with E-state index in [1.54, 1.807) is 23.3 Å². The van der Waals surface area contributed by atoms with Gasteiger partial charge in [-0.1, -0.05) is 424 Å². The molecule has 0 aromatic heterocycles. The molecule has 0 aliphatic heterocycles. The minimum Gasteiger partial charge on any atom is -0.427 e. The quantitative estimate of drug-likeness (QED) is 0.0165. The summed E-state index contributed by atoms with van der Waals surface area (Å²) in [5.41, 5.74) is 21.3. The molecule has 10 aromatic carbocycles. The fourth-order valence-corrected chi connectivity index (χ4v) is 18.7. The van der Waals surface area contributed by atoms with Gasteiger partial charge in [-0.05, 0) is 274 Å². The third-order valence-electron chi connectivity index (χ3n) is 27.4. The Hall–Kier alpha value is -8.47. The summed E-state index contributed by atoms with van der Waals surface area (Å²) in [6, 6.07) is 77.3. The lowest BCUT2D eigenvalue weighted by Crippen LogP contribution is -2.44. The third-order valence-corrected chi connectivity index (χ3v) is 27.4. The molecule has 0 radical (unpaired) electrons. The van der Waals surface area contributed by atoms with Crippen LogP contribution in [0.15, 0.2) is 231 Å². The van der Waals surface area contributed by atoms with Gasteiger partial charge in [-0.15, -0.1) is 0 Å². The van der Waals surface area contributed by atoms with Crippen LogP contribution in [0.25, 0.3) is 55.3 Å². The number of rotatable bonds is 41. The van der Waals surface area contributed by atoms with Crippen LogP contribution in [0.2, 0.25) is 0 Å². The van der Waals surface area contributed by atoms with E-state index in [4.69, 9.17) is 4.74 Å². The zero-order chi connectivity index (χ0) is 87.3. The maximum atomic E-state index is 14.7. The predicted molar refractivity (Wildman–Crippen MR) is 530 cm³/mol. The van der Waals surface area contributed by atoms with Crippen LogP contribution < -0.4 is 4.74 Å². The average Bonchev–Trinajstić information content (AvgIpc) is 0.747. The number of allylic oxidation sites excluding steroid dienone is 2. The van der Waals surface area contributed by atoms with Crippen LogP contribution in [0.5, 0.6) is 5.75 Å². The van der Waals surface area contributed by atoms with Gasteiger partial charge in [0.1, 0.15) is 5.75 Å². The SMILES string of the molecule is CCC/C=C/C1CCC(c2ccc(C)cc2)CC1.CCCCCC(=O)Oc1ccc(-c2ccc(C)cc2)cc1.CCCCCC12CCC(c3ccc(C)cc3)(CC1)CC2.CCCCCCCCCCCCCCCc1ccc(-c2ccc3cc(C)ccc3c2)cc1.CCCCCc1ccc(-c2ccc(-c3ccc(CCCC(C)CC)cc3)cc2)c(F)c1F. The van der Waals surface area contributed by atoms with Gasteiger partial charge in [-0.2, -0.15) is 0 Å². The molecule has 4 fully saturated rings. The maximum Gasteiger partial charge on any atom is 0.311 e. The Labute approximate surface area is 747 Å². The zero-order valence-corrected chi connectivity index (χ0v) is 78.4. The van der Waals surface area contributed by atoms with Crippen molar-refractivity contribution in [1.82, 2.24) is 0 Å². The van der Waals surface area contributed by atoms with Crippen LogP contribution in [-0.4, -0.2) is 5.97 Å². The Bertz CT molecular complexity index is 4570. The van der Waals surface area contributed by atoms with E-state index in [1.165, 1.54) is 273 Å². The molecule has 0 saturated heterocycles. The predicted octanol–water partition coefficient (Wildman–Crippen LogP) is 36.8. The number of hydrogen-bond acceptors (Lipinski definition) is 2. The van der Waals surface area contributed by atoms with E-state index in [0.717, 1.165) is 84.8 Å². The second-order valence-electron chi connectivity index (χ2n) is 37.5. The zero-order valence-electron chi connectivity index (χ0n) is 78.4. The molecule has 0 amide bonds. The molecule has 1 atom stereocenters. The lowest BCUT2D eigenvalue weighted by Gasteiger charge is -2.54. The summed E-state index contributed by atoms with van der Waals surface area (Å²) in [7, 11) is 0. The molecule has 4 aliphatic carbocycles. The molecule has 1 unspecified atom stereocenters. The first-order valence-corrected chi connectivity index (χ1v) is 49.4. The van der Waals surface area contributed by atoms with Gasteiger partial charge in [-0.25, -0.2) is 8.78 Å². The smallest absolute Gasteiger partial charge is 0.311 e. The van der Waals surface area contributed by atoms with Gasteiger partial charge in [0.25, 0.3) is 0 Å². The largest absolute Gasteiger partial charge is 0.427 e. The third kappa shape index (κ3) is 33.4. The number of benzene rings is 10. The number of aryl methyl sites for hydroxylation is 7. The van der Waals surface area contributed by atoms with Gasteiger partial charge in [0, 0.05) is 12.0 Å². The van der Waals surface area contributed by atoms with Gasteiger partial charge >= 0.3 is 5.97 Å². The van der Waals surface area contributed by atoms with Crippen LogP contribution in [-0.2, 0) is 29.5 Å². The van der Waals surface area contributed by atoms with Crippen molar-refractivity contribution < 1.29 is 18.3 Å².